The van der Waals surface area contributed by atoms with E-state index < -0.39 is 0 Å². The molecule has 0 aliphatic carbocycles. The molecule has 2 rings (SSSR count). The first-order valence-corrected chi connectivity index (χ1v) is 7.52. The molecule has 7 nitrogen and oxygen atoms in total. The number of ether oxygens (including phenoxy) is 1. The van der Waals surface area contributed by atoms with Crippen LogP contribution in [0.3, 0.4) is 0 Å². The normalized spacial score (nSPS) is 10.7. The fourth-order valence-corrected chi connectivity index (χ4v) is 2.16. The Balaban J connectivity index is 2.26. The van der Waals surface area contributed by atoms with E-state index in [1.165, 1.54) is 11.8 Å². The first kappa shape index (κ1) is 15.4. The highest BCUT2D eigenvalue weighted by molar-refractivity contribution is 7.99. The number of rotatable bonds is 6. The van der Waals surface area contributed by atoms with E-state index in [2.05, 4.69) is 30.2 Å². The van der Waals surface area contributed by atoms with Crippen LogP contribution in [0, 0.1) is 6.92 Å². The van der Waals surface area contributed by atoms with E-state index in [9.17, 15) is 0 Å². The number of nitrogens with zero attached hydrogens (tertiary/aromatic N) is 5. The van der Waals surface area contributed by atoms with Gasteiger partial charge >= 0.3 is 6.01 Å². The van der Waals surface area contributed by atoms with E-state index in [1.54, 1.807) is 6.20 Å². The zero-order chi connectivity index (χ0) is 15.2. The smallest absolute Gasteiger partial charge is 0.322 e. The van der Waals surface area contributed by atoms with Crippen molar-refractivity contribution in [3.8, 4) is 6.01 Å². The van der Waals surface area contributed by atoms with Crippen LogP contribution in [0.2, 0.25) is 0 Å². The molecule has 1 N–H and O–H groups in total. The zero-order valence-electron chi connectivity index (χ0n) is 12.5. The highest BCUT2D eigenvalue weighted by Crippen LogP contribution is 2.23. The average molecular weight is 306 g/mol. The number of hydrogen-bond acceptors (Lipinski definition) is 8. The number of nitrogens with one attached hydrogen (secondary N) is 1. The minimum Gasteiger partial charge on any atom is -0.461 e. The molecule has 0 fully saturated rings. The number of anilines is 1. The summed E-state index contributed by atoms with van der Waals surface area (Å²) in [5, 5.41) is 4.16. The molecule has 2 heterocycles. The Bertz CT molecular complexity index is 607. The van der Waals surface area contributed by atoms with Crippen molar-refractivity contribution in [2.24, 2.45) is 0 Å². The summed E-state index contributed by atoms with van der Waals surface area (Å²) >= 11 is 1.28. The number of hydrogen-bond donors (Lipinski definition) is 1. The zero-order valence-corrected chi connectivity index (χ0v) is 13.3. The van der Waals surface area contributed by atoms with Gasteiger partial charge in [-0.2, -0.15) is 15.0 Å². The maximum Gasteiger partial charge on any atom is 0.322 e. The van der Waals surface area contributed by atoms with Crippen LogP contribution in [0.5, 0.6) is 6.01 Å². The molecule has 2 aromatic heterocycles. The quantitative estimate of drug-likeness (QED) is 0.814. The van der Waals surface area contributed by atoms with Gasteiger partial charge in [0.05, 0.1) is 6.10 Å². The Morgan fingerprint density at radius 2 is 2.00 bits per heavy atom. The maximum atomic E-state index is 5.55. The molecule has 0 aliphatic heterocycles. The SMILES string of the molecule is CCNc1nc(OC(C)C)nc(Sc2nccc(C)n2)n1. The van der Waals surface area contributed by atoms with Crippen LogP contribution in [-0.2, 0) is 0 Å². The lowest BCUT2D eigenvalue weighted by atomic mass is 10.5. The van der Waals surface area contributed by atoms with Gasteiger partial charge < -0.3 is 10.1 Å². The molecule has 0 bridgehead atoms. The van der Waals surface area contributed by atoms with Gasteiger partial charge in [0.1, 0.15) is 0 Å². The van der Waals surface area contributed by atoms with Gasteiger partial charge in [-0.05, 0) is 45.5 Å². The minimum absolute atomic E-state index is 0.00468. The van der Waals surface area contributed by atoms with Crippen molar-refractivity contribution < 1.29 is 4.74 Å². The van der Waals surface area contributed by atoms with Crippen LogP contribution in [0.4, 0.5) is 5.95 Å². The van der Waals surface area contributed by atoms with Crippen molar-refractivity contribution in [2.45, 2.75) is 44.1 Å². The van der Waals surface area contributed by atoms with Gasteiger partial charge in [0.15, 0.2) is 5.16 Å². The average Bonchev–Trinajstić information content (AvgIpc) is 2.37. The molecule has 112 valence electrons. The molecule has 2 aromatic rings. The third-order valence-electron chi connectivity index (χ3n) is 2.23. The lowest BCUT2D eigenvalue weighted by Gasteiger charge is -2.10. The lowest BCUT2D eigenvalue weighted by Crippen LogP contribution is -2.12. The Morgan fingerprint density at radius 3 is 2.67 bits per heavy atom. The molecule has 0 atom stereocenters. The van der Waals surface area contributed by atoms with Crippen molar-refractivity contribution in [2.75, 3.05) is 11.9 Å². The molecule has 21 heavy (non-hydrogen) atoms. The molecule has 0 radical (unpaired) electrons. The van der Waals surface area contributed by atoms with Gasteiger partial charge in [0.25, 0.3) is 0 Å². The largest absolute Gasteiger partial charge is 0.461 e. The van der Waals surface area contributed by atoms with Gasteiger partial charge in [0, 0.05) is 18.4 Å². The third kappa shape index (κ3) is 4.82. The van der Waals surface area contributed by atoms with Crippen molar-refractivity contribution in [1.82, 2.24) is 24.9 Å². The third-order valence-corrected chi connectivity index (χ3v) is 2.97. The van der Waals surface area contributed by atoms with Crippen LogP contribution in [-0.4, -0.2) is 37.6 Å². The molecule has 0 aliphatic rings. The van der Waals surface area contributed by atoms with Crippen molar-refractivity contribution in [3.05, 3.63) is 18.0 Å². The molecule has 0 amide bonds. The number of aromatic nitrogens is 5. The molecule has 0 unspecified atom stereocenters. The van der Waals surface area contributed by atoms with Gasteiger partial charge in [-0.15, -0.1) is 0 Å². The predicted molar refractivity (Wildman–Crippen MR) is 80.6 cm³/mol. The second kappa shape index (κ2) is 7.16. The van der Waals surface area contributed by atoms with Crippen LogP contribution >= 0.6 is 11.8 Å². The lowest BCUT2D eigenvalue weighted by molar-refractivity contribution is 0.219. The topological polar surface area (TPSA) is 85.7 Å². The van der Waals surface area contributed by atoms with Crippen LogP contribution in [0.25, 0.3) is 0 Å². The van der Waals surface area contributed by atoms with Crippen molar-refractivity contribution in [1.29, 1.82) is 0 Å². The summed E-state index contributed by atoms with van der Waals surface area (Å²) in [5.74, 6) is 0.485. The Morgan fingerprint density at radius 1 is 1.19 bits per heavy atom. The van der Waals surface area contributed by atoms with E-state index in [-0.39, 0.29) is 6.10 Å². The van der Waals surface area contributed by atoms with Crippen LogP contribution in [0.1, 0.15) is 26.5 Å². The molecule has 0 spiro atoms. The van der Waals surface area contributed by atoms with Gasteiger partial charge in [-0.3, -0.25) is 0 Å². The number of aryl methyl sites for hydroxylation is 1. The van der Waals surface area contributed by atoms with Gasteiger partial charge in [-0.1, -0.05) is 0 Å². The summed E-state index contributed by atoms with van der Waals surface area (Å²) in [6.45, 7) is 8.45. The molecule has 0 aromatic carbocycles. The summed E-state index contributed by atoms with van der Waals surface area (Å²) in [7, 11) is 0. The van der Waals surface area contributed by atoms with Crippen LogP contribution < -0.4 is 10.1 Å². The monoisotopic (exact) mass is 306 g/mol. The van der Waals surface area contributed by atoms with E-state index in [0.29, 0.717) is 22.3 Å². The molecule has 8 heteroatoms. The van der Waals surface area contributed by atoms with E-state index in [1.807, 2.05) is 33.8 Å². The maximum absolute atomic E-state index is 5.55. The summed E-state index contributed by atoms with van der Waals surface area (Å²) in [6.07, 6.45) is 1.71. The van der Waals surface area contributed by atoms with Crippen molar-refractivity contribution in [3.63, 3.8) is 0 Å². The fourth-order valence-electron chi connectivity index (χ4n) is 1.44. The Hall–Kier alpha value is -1.96. The molecular weight excluding hydrogens is 288 g/mol. The second-order valence-corrected chi connectivity index (χ2v) is 5.44. The minimum atomic E-state index is -0.00468. The Kier molecular flexibility index (Phi) is 5.26. The standard InChI is InChI=1S/C13H18N6OS/c1-5-14-10-17-11(20-8(2)3)19-13(18-10)21-12-15-7-6-9(4)16-12/h6-8H,5H2,1-4H3,(H,14,17,18,19). The Labute approximate surface area is 128 Å². The molecule has 0 saturated heterocycles. The summed E-state index contributed by atoms with van der Waals surface area (Å²) in [6, 6.07) is 2.14. The van der Waals surface area contributed by atoms with Crippen LogP contribution in [0.15, 0.2) is 22.6 Å². The highest BCUT2D eigenvalue weighted by atomic mass is 32.2. The summed E-state index contributed by atoms with van der Waals surface area (Å²) in [5.41, 5.74) is 0.895. The first-order chi connectivity index (χ1) is 10.1. The summed E-state index contributed by atoms with van der Waals surface area (Å²) in [4.78, 5) is 21.3. The predicted octanol–water partition coefficient (Wildman–Crippen LogP) is 2.34. The van der Waals surface area contributed by atoms with E-state index in [4.69, 9.17) is 4.74 Å². The van der Waals surface area contributed by atoms with Crippen molar-refractivity contribution >= 4 is 17.7 Å². The molecular formula is C13H18N6OS. The van der Waals surface area contributed by atoms with E-state index >= 15 is 0 Å². The van der Waals surface area contributed by atoms with Gasteiger partial charge in [0.2, 0.25) is 11.1 Å². The fraction of sp³-hybridized carbons (Fsp3) is 0.462. The highest BCUT2D eigenvalue weighted by Gasteiger charge is 2.11. The summed E-state index contributed by atoms with van der Waals surface area (Å²) < 4.78 is 5.55. The van der Waals surface area contributed by atoms with E-state index in [0.717, 1.165) is 12.2 Å². The van der Waals surface area contributed by atoms with Gasteiger partial charge in [-0.25, -0.2) is 9.97 Å². The first-order valence-electron chi connectivity index (χ1n) is 6.71. The second-order valence-electron chi connectivity index (χ2n) is 4.50. The molecule has 0 saturated carbocycles.